The van der Waals surface area contributed by atoms with Crippen molar-refractivity contribution in [3.63, 3.8) is 0 Å². The molecule has 0 amide bonds. The Hall–Kier alpha value is -1.93. The van der Waals surface area contributed by atoms with Crippen LogP contribution in [-0.2, 0) is 16.0 Å². The zero-order valence-corrected chi connectivity index (χ0v) is 18.2. The molecule has 1 saturated heterocycles. The summed E-state index contributed by atoms with van der Waals surface area (Å²) in [5, 5.41) is 0. The predicted molar refractivity (Wildman–Crippen MR) is 121 cm³/mol. The molecule has 8 rings (SSSR count). The third kappa shape index (κ3) is 2.70. The molecular formula is C29H32O2. The van der Waals surface area contributed by atoms with E-state index in [0.29, 0.717) is 5.92 Å². The standard InChI is InChI=1S/C29H32O2/c30-26-11-10-25-23-8-9-24(27-21-14-19-13-20(16-21)17-22(27)15-19)28(23)29(26,31-25)12-4-7-18-5-2-1-3-6-18/h1-3,5-6,8-11,19-23,25,28H,4,7,12-17H2. The Kier molecular flexibility index (Phi) is 4.07. The maximum Gasteiger partial charge on any atom is 0.187 e. The van der Waals surface area contributed by atoms with Gasteiger partial charge >= 0.3 is 0 Å². The lowest BCUT2D eigenvalue weighted by atomic mass is 9.52. The number of allylic oxidation sites excluding steroid dienone is 2. The summed E-state index contributed by atoms with van der Waals surface area (Å²) in [6, 6.07) is 10.7. The van der Waals surface area contributed by atoms with Crippen molar-refractivity contribution in [3.8, 4) is 0 Å². The van der Waals surface area contributed by atoms with Crippen LogP contribution in [0.1, 0.15) is 50.5 Å². The smallest absolute Gasteiger partial charge is 0.187 e. The number of hydrogen-bond acceptors (Lipinski definition) is 2. The van der Waals surface area contributed by atoms with Gasteiger partial charge in [0.05, 0.1) is 6.10 Å². The highest BCUT2D eigenvalue weighted by Crippen LogP contribution is 2.61. The van der Waals surface area contributed by atoms with Gasteiger partial charge in [-0.1, -0.05) is 54.1 Å². The molecule has 2 nitrogen and oxygen atoms in total. The summed E-state index contributed by atoms with van der Waals surface area (Å²) in [6.07, 6.45) is 18.7. The number of ketones is 1. The lowest BCUT2D eigenvalue weighted by Crippen LogP contribution is -2.47. The molecule has 160 valence electrons. The van der Waals surface area contributed by atoms with Crippen LogP contribution in [0.5, 0.6) is 0 Å². The molecule has 2 aliphatic heterocycles. The Bertz CT molecular complexity index is 969. The maximum absolute atomic E-state index is 13.4. The first-order valence-electron chi connectivity index (χ1n) is 12.6. The molecule has 4 unspecified atom stereocenters. The van der Waals surface area contributed by atoms with Gasteiger partial charge in [-0.15, -0.1) is 0 Å². The van der Waals surface area contributed by atoms with Crippen LogP contribution in [0.4, 0.5) is 0 Å². The molecule has 1 aromatic carbocycles. The molecule has 6 bridgehead atoms. The second kappa shape index (κ2) is 6.78. The number of benzene rings is 1. The summed E-state index contributed by atoms with van der Waals surface area (Å²) >= 11 is 0. The molecular weight excluding hydrogens is 380 g/mol. The van der Waals surface area contributed by atoms with Crippen LogP contribution < -0.4 is 0 Å². The van der Waals surface area contributed by atoms with E-state index in [-0.39, 0.29) is 17.8 Å². The van der Waals surface area contributed by atoms with Crippen LogP contribution in [0.15, 0.2) is 65.8 Å². The minimum Gasteiger partial charge on any atom is -0.358 e. The van der Waals surface area contributed by atoms with Gasteiger partial charge in [-0.25, -0.2) is 0 Å². The Morgan fingerprint density at radius 2 is 1.65 bits per heavy atom. The van der Waals surface area contributed by atoms with Crippen molar-refractivity contribution in [1.29, 1.82) is 0 Å². The van der Waals surface area contributed by atoms with E-state index < -0.39 is 5.60 Å². The van der Waals surface area contributed by atoms with Gasteiger partial charge in [0, 0.05) is 11.8 Å². The zero-order valence-electron chi connectivity index (χ0n) is 18.2. The van der Waals surface area contributed by atoms with Crippen LogP contribution in [0.3, 0.4) is 0 Å². The van der Waals surface area contributed by atoms with Gasteiger partial charge in [-0.05, 0) is 92.3 Å². The third-order valence-corrected chi connectivity index (χ3v) is 9.51. The summed E-state index contributed by atoms with van der Waals surface area (Å²) in [5.74, 6) is 4.29. The summed E-state index contributed by atoms with van der Waals surface area (Å²) in [4.78, 5) is 13.4. The Balaban J connectivity index is 1.23. The Morgan fingerprint density at radius 1 is 0.903 bits per heavy atom. The highest BCUT2D eigenvalue weighted by atomic mass is 16.5. The fourth-order valence-electron chi connectivity index (χ4n) is 8.57. The van der Waals surface area contributed by atoms with Crippen LogP contribution in [0, 0.1) is 35.5 Å². The van der Waals surface area contributed by atoms with Crippen molar-refractivity contribution in [2.24, 2.45) is 35.5 Å². The number of carbonyl (C=O) groups is 1. The van der Waals surface area contributed by atoms with Gasteiger partial charge in [0.25, 0.3) is 0 Å². The highest BCUT2D eigenvalue weighted by Gasteiger charge is 2.62. The second-order valence-corrected chi connectivity index (χ2v) is 11.2. The topological polar surface area (TPSA) is 26.3 Å². The molecule has 0 aromatic heterocycles. The van der Waals surface area contributed by atoms with Crippen molar-refractivity contribution >= 4 is 5.78 Å². The minimum atomic E-state index is -0.640. The summed E-state index contributed by atoms with van der Waals surface area (Å²) in [7, 11) is 0. The molecule has 0 radical (unpaired) electrons. The largest absolute Gasteiger partial charge is 0.358 e. The first kappa shape index (κ1) is 18.6. The van der Waals surface area contributed by atoms with Crippen molar-refractivity contribution in [3.05, 3.63) is 71.3 Å². The zero-order chi connectivity index (χ0) is 20.6. The van der Waals surface area contributed by atoms with Crippen LogP contribution >= 0.6 is 0 Å². The van der Waals surface area contributed by atoms with E-state index in [1.807, 2.05) is 12.2 Å². The van der Waals surface area contributed by atoms with Crippen LogP contribution in [0.2, 0.25) is 0 Å². The van der Waals surface area contributed by atoms with E-state index in [9.17, 15) is 4.79 Å². The van der Waals surface area contributed by atoms with E-state index in [4.69, 9.17) is 4.74 Å². The molecule has 0 N–H and O–H groups in total. The molecule has 5 aliphatic carbocycles. The molecule has 7 aliphatic rings. The van der Waals surface area contributed by atoms with Crippen LogP contribution in [0.25, 0.3) is 0 Å². The fraction of sp³-hybridized carbons (Fsp3) is 0.552. The number of aryl methyl sites for hydroxylation is 1. The predicted octanol–water partition coefficient (Wildman–Crippen LogP) is 5.84. The Labute approximate surface area is 185 Å². The first-order valence-corrected chi connectivity index (χ1v) is 12.6. The second-order valence-electron chi connectivity index (χ2n) is 11.2. The average Bonchev–Trinajstić information content (AvgIpc) is 3.30. The fourth-order valence-corrected chi connectivity index (χ4v) is 8.57. The van der Waals surface area contributed by atoms with Gasteiger partial charge in [-0.3, -0.25) is 4.79 Å². The van der Waals surface area contributed by atoms with E-state index in [2.05, 4.69) is 42.5 Å². The van der Waals surface area contributed by atoms with Gasteiger partial charge < -0.3 is 4.74 Å². The minimum absolute atomic E-state index is 0.0746. The van der Waals surface area contributed by atoms with Gasteiger partial charge in [0.1, 0.15) is 5.60 Å². The van der Waals surface area contributed by atoms with Gasteiger partial charge in [0.15, 0.2) is 5.78 Å². The highest BCUT2D eigenvalue weighted by molar-refractivity contribution is 5.99. The van der Waals surface area contributed by atoms with Gasteiger partial charge in [-0.2, -0.15) is 0 Å². The summed E-state index contributed by atoms with van der Waals surface area (Å²) < 4.78 is 6.65. The number of fused-ring (bicyclic) bond motifs is 5. The number of ether oxygens (including phenoxy) is 1. The van der Waals surface area contributed by atoms with Crippen molar-refractivity contribution in [1.82, 2.24) is 0 Å². The lowest BCUT2D eigenvalue weighted by Gasteiger charge is -2.52. The number of rotatable bonds is 4. The van der Waals surface area contributed by atoms with Crippen molar-refractivity contribution in [2.75, 3.05) is 0 Å². The van der Waals surface area contributed by atoms with Crippen molar-refractivity contribution < 1.29 is 9.53 Å². The molecule has 2 heteroatoms. The molecule has 4 atom stereocenters. The van der Waals surface area contributed by atoms with Crippen molar-refractivity contribution in [2.45, 2.75) is 63.1 Å². The molecule has 5 fully saturated rings. The number of carbonyl (C=O) groups excluding carboxylic acids is 1. The summed E-state index contributed by atoms with van der Waals surface area (Å²) in [5.41, 5.74) is 3.99. The monoisotopic (exact) mass is 412 g/mol. The molecule has 1 aromatic rings. The number of hydrogen-bond donors (Lipinski definition) is 0. The maximum atomic E-state index is 13.4. The van der Waals surface area contributed by atoms with E-state index >= 15 is 0 Å². The molecule has 31 heavy (non-hydrogen) atoms. The van der Waals surface area contributed by atoms with Crippen LogP contribution in [-0.4, -0.2) is 17.5 Å². The first-order chi connectivity index (χ1) is 15.2. The Morgan fingerprint density at radius 3 is 2.39 bits per heavy atom. The van der Waals surface area contributed by atoms with E-state index in [0.717, 1.165) is 42.9 Å². The third-order valence-electron chi connectivity index (χ3n) is 9.51. The SMILES string of the molecule is O=C1C=CC2OC1(CCCc1ccccc1)C1C(=C3C4CC5CC(C4)CC3C5)C=CC21. The van der Waals surface area contributed by atoms with E-state index in [1.54, 1.807) is 5.57 Å². The summed E-state index contributed by atoms with van der Waals surface area (Å²) in [6.45, 7) is 0. The van der Waals surface area contributed by atoms with Gasteiger partial charge in [0.2, 0.25) is 0 Å². The quantitative estimate of drug-likeness (QED) is 0.621. The van der Waals surface area contributed by atoms with E-state index in [1.165, 1.54) is 43.2 Å². The molecule has 4 saturated carbocycles. The molecule has 0 spiro atoms. The molecule has 2 heterocycles. The normalized spacial score (nSPS) is 43.9. The lowest BCUT2D eigenvalue weighted by molar-refractivity contribution is -0.142. The average molecular weight is 413 g/mol.